The normalized spacial score (nSPS) is 13.9. The molecule has 4 heterocycles. The third-order valence-corrected chi connectivity index (χ3v) is 8.65. The maximum absolute atomic E-state index is 12.3. The van der Waals surface area contributed by atoms with Crippen molar-refractivity contribution in [1.82, 2.24) is 19.8 Å². The van der Waals surface area contributed by atoms with Crippen LogP contribution in [-0.2, 0) is 13.1 Å². The van der Waals surface area contributed by atoms with Gasteiger partial charge in [-0.2, -0.15) is 0 Å². The van der Waals surface area contributed by atoms with Gasteiger partial charge in [0.15, 0.2) is 6.29 Å². The first-order valence-corrected chi connectivity index (χ1v) is 15.0. The Morgan fingerprint density at radius 1 is 0.659 bits per heavy atom. The average Bonchev–Trinajstić information content (AvgIpc) is 3.44. The fraction of sp³-hybridized carbons (Fsp3) is 0.114. The lowest BCUT2D eigenvalue weighted by Gasteiger charge is -2.10. The van der Waals surface area contributed by atoms with Crippen LogP contribution in [0.2, 0.25) is 10.0 Å². The van der Waals surface area contributed by atoms with Gasteiger partial charge in [-0.1, -0.05) is 71.7 Å². The van der Waals surface area contributed by atoms with Crippen LogP contribution in [0.15, 0.2) is 91.0 Å². The van der Waals surface area contributed by atoms with Gasteiger partial charge in [-0.25, -0.2) is 0 Å². The predicted octanol–water partition coefficient (Wildman–Crippen LogP) is 7.22. The second-order valence-corrected chi connectivity index (χ2v) is 11.6. The molecule has 0 atom stereocenters. The molecule has 9 heteroatoms. The second kappa shape index (κ2) is 11.3. The number of carbonyl (C=O) groups is 3. The van der Waals surface area contributed by atoms with Gasteiger partial charge in [0.25, 0.3) is 11.8 Å². The molecule has 0 saturated carbocycles. The molecule has 2 aliphatic heterocycles. The zero-order chi connectivity index (χ0) is 30.4. The van der Waals surface area contributed by atoms with Gasteiger partial charge < -0.3 is 19.8 Å². The van der Waals surface area contributed by atoms with Crippen molar-refractivity contribution in [2.45, 2.75) is 13.1 Å². The first kappa shape index (κ1) is 28.0. The lowest BCUT2D eigenvalue weighted by Crippen LogP contribution is -2.24. The quantitative estimate of drug-likeness (QED) is 0.205. The Morgan fingerprint density at radius 2 is 1.23 bits per heavy atom. The predicted molar refractivity (Wildman–Crippen MR) is 175 cm³/mol. The molecule has 2 amide bonds. The number of hydrogen-bond donors (Lipinski definition) is 2. The van der Waals surface area contributed by atoms with Crippen LogP contribution in [0.25, 0.3) is 44.3 Å². The minimum atomic E-state index is -0.105. The molecule has 6 aromatic rings. The number of carbonyl (C=O) groups excluding carboxylic acids is 3. The summed E-state index contributed by atoms with van der Waals surface area (Å²) in [6.07, 6.45) is 0.867. The summed E-state index contributed by atoms with van der Waals surface area (Å²) in [5.74, 6) is -0.105. The van der Waals surface area contributed by atoms with Gasteiger partial charge >= 0.3 is 0 Å². The molecular formula is C35H26Cl2N4O3. The molecule has 218 valence electrons. The Hall–Kier alpha value is -4.85. The van der Waals surface area contributed by atoms with Gasteiger partial charge in [0.2, 0.25) is 0 Å². The average molecular weight is 622 g/mol. The molecule has 8 rings (SSSR count). The summed E-state index contributed by atoms with van der Waals surface area (Å²) in [5, 5.41) is 9.10. The summed E-state index contributed by atoms with van der Waals surface area (Å²) in [7, 11) is 0. The van der Waals surface area contributed by atoms with E-state index in [1.807, 2.05) is 66.7 Å². The topological polar surface area (TPSA) is 85.1 Å². The first-order chi connectivity index (χ1) is 21.4. The van der Waals surface area contributed by atoms with Crippen LogP contribution in [0.3, 0.4) is 0 Å². The van der Waals surface area contributed by atoms with Crippen molar-refractivity contribution < 1.29 is 14.4 Å². The van der Waals surface area contributed by atoms with Crippen molar-refractivity contribution in [2.24, 2.45) is 0 Å². The highest BCUT2D eigenvalue weighted by molar-refractivity contribution is 6.31. The van der Waals surface area contributed by atoms with E-state index in [4.69, 9.17) is 23.2 Å². The third kappa shape index (κ3) is 4.75. The van der Waals surface area contributed by atoms with Crippen LogP contribution in [0.1, 0.15) is 31.1 Å². The third-order valence-electron chi connectivity index (χ3n) is 8.15. The van der Waals surface area contributed by atoms with Crippen molar-refractivity contribution in [2.75, 3.05) is 13.1 Å². The zero-order valence-corrected chi connectivity index (χ0v) is 25.0. The van der Waals surface area contributed by atoms with Gasteiger partial charge in [-0.05, 0) is 53.6 Å². The second-order valence-electron chi connectivity index (χ2n) is 10.7. The zero-order valence-electron chi connectivity index (χ0n) is 23.4. The Morgan fingerprint density at radius 3 is 1.86 bits per heavy atom. The van der Waals surface area contributed by atoms with Gasteiger partial charge in [-0.15, -0.1) is 0 Å². The van der Waals surface area contributed by atoms with Crippen LogP contribution in [0.5, 0.6) is 0 Å². The van der Waals surface area contributed by atoms with Crippen LogP contribution < -0.4 is 10.6 Å². The van der Waals surface area contributed by atoms with E-state index in [9.17, 15) is 14.4 Å². The summed E-state index contributed by atoms with van der Waals surface area (Å²) in [4.78, 5) is 36.2. The Balaban J connectivity index is 0.000000143. The van der Waals surface area contributed by atoms with Gasteiger partial charge in [0, 0.05) is 58.3 Å². The van der Waals surface area contributed by atoms with Gasteiger partial charge in [-0.3, -0.25) is 14.4 Å². The molecule has 0 aliphatic carbocycles. The minimum Gasteiger partial charge on any atom is -0.350 e. The van der Waals surface area contributed by atoms with E-state index in [0.717, 1.165) is 67.7 Å². The highest BCUT2D eigenvalue weighted by Gasteiger charge is 2.25. The number of aromatic nitrogens is 2. The molecule has 44 heavy (non-hydrogen) atoms. The van der Waals surface area contributed by atoms with E-state index in [1.165, 1.54) is 0 Å². The molecule has 2 aromatic heterocycles. The van der Waals surface area contributed by atoms with Crippen LogP contribution in [-0.4, -0.2) is 40.3 Å². The maximum Gasteiger partial charge on any atom is 0.253 e. The lowest BCUT2D eigenvalue weighted by atomic mass is 10.0. The molecule has 0 spiro atoms. The summed E-state index contributed by atoms with van der Waals surface area (Å²) in [6.45, 7) is 2.54. The number of para-hydroxylation sites is 2. The summed E-state index contributed by atoms with van der Waals surface area (Å²) < 4.78 is 4.27. The fourth-order valence-corrected chi connectivity index (χ4v) is 6.49. The van der Waals surface area contributed by atoms with Gasteiger partial charge in [0.05, 0.1) is 27.9 Å². The van der Waals surface area contributed by atoms with E-state index >= 15 is 0 Å². The Kier molecular flexibility index (Phi) is 7.20. The molecule has 2 N–H and O–H groups in total. The number of halogens is 2. The molecule has 2 aliphatic rings. The van der Waals surface area contributed by atoms with Crippen molar-refractivity contribution in [3.63, 3.8) is 0 Å². The number of amides is 2. The highest BCUT2D eigenvalue weighted by Crippen LogP contribution is 2.36. The van der Waals surface area contributed by atoms with Gasteiger partial charge in [0.1, 0.15) is 0 Å². The van der Waals surface area contributed by atoms with E-state index < -0.39 is 0 Å². The SMILES string of the molecule is O=C1NCCn2c(-c3ccc(Cl)cc3)cc3cccc1c32.O=Cc1c(-c2ccc(Cl)cc2)n2c3c(cccc13)C(=O)NCC2. The van der Waals surface area contributed by atoms with Crippen molar-refractivity contribution in [3.05, 3.63) is 118 Å². The monoisotopic (exact) mass is 620 g/mol. The Labute approximate surface area is 263 Å². The maximum atomic E-state index is 12.3. The summed E-state index contributed by atoms with van der Waals surface area (Å²) in [6, 6.07) is 28.7. The standard InChI is InChI=1S/C18H13ClN2O2.C17H13ClN2O/c19-12-6-4-11(5-7-12)16-15(10-22)13-2-1-3-14-17(13)21(16)9-8-20-18(14)23;18-13-6-4-11(5-7-13)15-10-12-2-1-3-14-16(12)20(15)9-8-19-17(14)21/h1-7,10H,8-9H2,(H,20,23);1-7,10H,8-9H2,(H,19,21). The molecule has 4 aromatic carbocycles. The first-order valence-electron chi connectivity index (χ1n) is 14.3. The summed E-state index contributed by atoms with van der Waals surface area (Å²) in [5.41, 5.74) is 7.74. The molecule has 0 bridgehead atoms. The molecule has 0 radical (unpaired) electrons. The smallest absolute Gasteiger partial charge is 0.253 e. The number of aldehydes is 1. The molecule has 7 nitrogen and oxygen atoms in total. The molecule has 0 unspecified atom stereocenters. The minimum absolute atomic E-state index is 0.0000983. The number of nitrogens with zero attached hydrogens (tertiary/aromatic N) is 2. The van der Waals surface area contributed by atoms with E-state index in [-0.39, 0.29) is 11.8 Å². The van der Waals surface area contributed by atoms with E-state index in [0.29, 0.717) is 35.8 Å². The molecule has 0 fully saturated rings. The molecule has 0 saturated heterocycles. The van der Waals surface area contributed by atoms with Crippen molar-refractivity contribution in [3.8, 4) is 22.5 Å². The summed E-state index contributed by atoms with van der Waals surface area (Å²) >= 11 is 11.9. The van der Waals surface area contributed by atoms with E-state index in [1.54, 1.807) is 18.2 Å². The molecular weight excluding hydrogens is 595 g/mol. The number of benzene rings is 4. The Bertz CT molecular complexity index is 2090. The highest BCUT2D eigenvalue weighted by atomic mass is 35.5. The number of hydrogen-bond acceptors (Lipinski definition) is 3. The fourth-order valence-electron chi connectivity index (χ4n) is 6.23. The lowest BCUT2D eigenvalue weighted by molar-refractivity contribution is 0.0948. The van der Waals surface area contributed by atoms with Crippen molar-refractivity contribution >= 4 is 63.1 Å². The van der Waals surface area contributed by atoms with E-state index in [2.05, 4.69) is 25.8 Å². The number of rotatable bonds is 3. The van der Waals surface area contributed by atoms with Crippen LogP contribution >= 0.6 is 23.2 Å². The van der Waals surface area contributed by atoms with Crippen LogP contribution in [0, 0.1) is 0 Å². The van der Waals surface area contributed by atoms with Crippen LogP contribution in [0.4, 0.5) is 0 Å². The number of nitrogens with one attached hydrogen (secondary N) is 2. The largest absolute Gasteiger partial charge is 0.350 e. The van der Waals surface area contributed by atoms with Crippen molar-refractivity contribution in [1.29, 1.82) is 0 Å².